The zero-order chi connectivity index (χ0) is 22.4. The molecule has 1 saturated heterocycles. The molecule has 1 aliphatic rings. The maximum Gasteiger partial charge on any atom is 0.241 e. The summed E-state index contributed by atoms with van der Waals surface area (Å²) in [6.07, 6.45) is 7.51. The minimum absolute atomic E-state index is 0.212. The molecule has 0 atom stereocenters. The van der Waals surface area contributed by atoms with E-state index in [0.29, 0.717) is 29.0 Å². The van der Waals surface area contributed by atoms with Crippen LogP contribution in [0, 0.1) is 0 Å². The molecule has 0 saturated carbocycles. The fourth-order valence-corrected chi connectivity index (χ4v) is 5.48. The van der Waals surface area contributed by atoms with E-state index in [0.717, 1.165) is 45.6 Å². The molecule has 1 aliphatic heterocycles. The van der Waals surface area contributed by atoms with Crippen LogP contribution < -0.4 is 4.72 Å². The Morgan fingerprint density at radius 1 is 0.969 bits per heavy atom. The third kappa shape index (κ3) is 5.82. The zero-order valence-corrected chi connectivity index (χ0v) is 19.5. The number of benzene rings is 1. The van der Waals surface area contributed by atoms with Crippen molar-refractivity contribution < 1.29 is 8.42 Å². The predicted molar refractivity (Wildman–Crippen MR) is 127 cm³/mol. The van der Waals surface area contributed by atoms with Crippen molar-refractivity contribution in [2.75, 3.05) is 45.8 Å². The van der Waals surface area contributed by atoms with Crippen LogP contribution in [0.1, 0.15) is 12.0 Å². The highest BCUT2D eigenvalue weighted by Crippen LogP contribution is 2.27. The van der Waals surface area contributed by atoms with Crippen molar-refractivity contribution in [3.05, 3.63) is 65.6 Å². The summed E-state index contributed by atoms with van der Waals surface area (Å²) in [6, 6.07) is 10.7. The molecule has 1 N–H and O–H groups in total. The number of rotatable bonds is 9. The molecule has 3 heterocycles. The maximum absolute atomic E-state index is 12.9. The predicted octanol–water partition coefficient (Wildman–Crippen LogP) is 2.81. The van der Waals surface area contributed by atoms with E-state index in [1.165, 1.54) is 5.56 Å². The molecule has 170 valence electrons. The summed E-state index contributed by atoms with van der Waals surface area (Å²) >= 11 is 6.17. The first-order chi connectivity index (χ1) is 15.5. The molecule has 32 heavy (non-hydrogen) atoms. The number of aromatic nitrogens is 2. The summed E-state index contributed by atoms with van der Waals surface area (Å²) in [7, 11) is -3.64. The van der Waals surface area contributed by atoms with Gasteiger partial charge in [0.2, 0.25) is 10.0 Å². The van der Waals surface area contributed by atoms with Crippen LogP contribution in [0.15, 0.2) is 59.9 Å². The molecular formula is C23H28ClN5O2S. The van der Waals surface area contributed by atoms with Gasteiger partial charge in [-0.2, -0.15) is 0 Å². The Balaban J connectivity index is 1.22. The minimum atomic E-state index is -3.64. The summed E-state index contributed by atoms with van der Waals surface area (Å²) in [5.41, 5.74) is 1.78. The van der Waals surface area contributed by atoms with Crippen molar-refractivity contribution >= 4 is 32.5 Å². The number of sulfonamides is 1. The molecule has 0 bridgehead atoms. The summed E-state index contributed by atoms with van der Waals surface area (Å²) in [6.45, 7) is 6.04. The topological polar surface area (TPSA) is 78.4 Å². The molecule has 0 amide bonds. The van der Waals surface area contributed by atoms with Crippen molar-refractivity contribution in [1.82, 2.24) is 24.5 Å². The number of aryl methyl sites for hydroxylation is 1. The summed E-state index contributed by atoms with van der Waals surface area (Å²) in [4.78, 5) is 13.4. The van der Waals surface area contributed by atoms with E-state index < -0.39 is 10.0 Å². The van der Waals surface area contributed by atoms with Gasteiger partial charge >= 0.3 is 0 Å². The maximum atomic E-state index is 12.9. The highest BCUT2D eigenvalue weighted by atomic mass is 35.5. The second-order valence-electron chi connectivity index (χ2n) is 7.99. The van der Waals surface area contributed by atoms with Gasteiger partial charge in [-0.05, 0) is 55.3 Å². The SMILES string of the molecule is O=S(=O)(NCCN1CCN(CCCc2cccnc2)CC1)c1ccc(Cl)c2ncccc12. The minimum Gasteiger partial charge on any atom is -0.301 e. The molecule has 2 aromatic heterocycles. The number of piperazine rings is 1. The van der Waals surface area contributed by atoms with Crippen molar-refractivity contribution in [3.63, 3.8) is 0 Å². The number of halogens is 1. The average molecular weight is 474 g/mol. The van der Waals surface area contributed by atoms with E-state index in [4.69, 9.17) is 11.6 Å². The van der Waals surface area contributed by atoms with Gasteiger partial charge < -0.3 is 4.90 Å². The van der Waals surface area contributed by atoms with E-state index in [1.54, 1.807) is 36.7 Å². The largest absolute Gasteiger partial charge is 0.301 e. The van der Waals surface area contributed by atoms with Crippen LogP contribution in [0.5, 0.6) is 0 Å². The van der Waals surface area contributed by atoms with Crippen molar-refractivity contribution in [3.8, 4) is 0 Å². The Morgan fingerprint density at radius 3 is 2.47 bits per heavy atom. The lowest BCUT2D eigenvalue weighted by atomic mass is 10.1. The number of pyridine rings is 2. The number of hydrogen-bond acceptors (Lipinski definition) is 6. The third-order valence-corrected chi connectivity index (χ3v) is 7.64. The van der Waals surface area contributed by atoms with Crippen LogP contribution in [0.4, 0.5) is 0 Å². The van der Waals surface area contributed by atoms with E-state index >= 15 is 0 Å². The summed E-state index contributed by atoms with van der Waals surface area (Å²) < 4.78 is 28.5. The lowest BCUT2D eigenvalue weighted by molar-refractivity contribution is 0.133. The number of hydrogen-bond donors (Lipinski definition) is 1. The van der Waals surface area contributed by atoms with Gasteiger partial charge in [0.05, 0.1) is 15.4 Å². The van der Waals surface area contributed by atoms with Crippen LogP contribution in [0.3, 0.4) is 0 Å². The monoisotopic (exact) mass is 473 g/mol. The second kappa shape index (κ2) is 10.7. The molecule has 9 heteroatoms. The highest BCUT2D eigenvalue weighted by Gasteiger charge is 2.20. The number of nitrogens with one attached hydrogen (secondary N) is 1. The van der Waals surface area contributed by atoms with Crippen LogP contribution in [0.2, 0.25) is 5.02 Å². The van der Waals surface area contributed by atoms with Crippen molar-refractivity contribution in [2.24, 2.45) is 0 Å². The van der Waals surface area contributed by atoms with Gasteiger partial charge in [-0.25, -0.2) is 13.1 Å². The van der Waals surface area contributed by atoms with Gasteiger partial charge in [-0.15, -0.1) is 0 Å². The fourth-order valence-electron chi connectivity index (χ4n) is 4.05. The molecule has 0 spiro atoms. The standard InChI is InChI=1S/C23H28ClN5O2S/c24-21-7-8-22(20-6-2-10-26-23(20)21)32(30,31)27-11-13-29-16-14-28(15-17-29)12-3-5-19-4-1-9-25-18-19/h1-2,4,6-10,18,27H,3,5,11-17H2. The average Bonchev–Trinajstić information content (AvgIpc) is 2.81. The Morgan fingerprint density at radius 2 is 1.72 bits per heavy atom. The smallest absolute Gasteiger partial charge is 0.241 e. The Labute approximate surface area is 194 Å². The second-order valence-corrected chi connectivity index (χ2v) is 10.1. The van der Waals surface area contributed by atoms with Gasteiger partial charge in [-0.3, -0.25) is 14.9 Å². The molecule has 0 radical (unpaired) electrons. The summed E-state index contributed by atoms with van der Waals surface area (Å²) in [5, 5.41) is 0.977. The van der Waals surface area contributed by atoms with Gasteiger partial charge in [0, 0.05) is 63.2 Å². The van der Waals surface area contributed by atoms with Crippen LogP contribution in [0.25, 0.3) is 10.9 Å². The zero-order valence-electron chi connectivity index (χ0n) is 18.0. The quantitative estimate of drug-likeness (QED) is 0.515. The van der Waals surface area contributed by atoms with E-state index in [1.807, 2.05) is 12.3 Å². The molecule has 7 nitrogen and oxygen atoms in total. The lowest BCUT2D eigenvalue weighted by Crippen LogP contribution is -2.48. The third-order valence-electron chi connectivity index (χ3n) is 5.82. The molecule has 0 aliphatic carbocycles. The molecule has 0 unspecified atom stereocenters. The van der Waals surface area contributed by atoms with E-state index in [2.05, 4.69) is 30.6 Å². The van der Waals surface area contributed by atoms with Crippen molar-refractivity contribution in [2.45, 2.75) is 17.7 Å². The summed E-state index contributed by atoms with van der Waals surface area (Å²) in [5.74, 6) is 0. The molecule has 3 aromatic rings. The van der Waals surface area contributed by atoms with Crippen LogP contribution in [-0.4, -0.2) is 74.0 Å². The highest BCUT2D eigenvalue weighted by molar-refractivity contribution is 7.89. The Kier molecular flexibility index (Phi) is 7.70. The molecule has 1 fully saturated rings. The van der Waals surface area contributed by atoms with Crippen LogP contribution >= 0.6 is 11.6 Å². The number of nitrogens with zero attached hydrogens (tertiary/aromatic N) is 4. The van der Waals surface area contributed by atoms with Gasteiger partial charge in [0.1, 0.15) is 0 Å². The van der Waals surface area contributed by atoms with Gasteiger partial charge in [0.25, 0.3) is 0 Å². The molecular weight excluding hydrogens is 446 g/mol. The lowest BCUT2D eigenvalue weighted by Gasteiger charge is -2.34. The van der Waals surface area contributed by atoms with E-state index in [9.17, 15) is 8.42 Å². The van der Waals surface area contributed by atoms with Crippen LogP contribution in [-0.2, 0) is 16.4 Å². The molecule has 1 aromatic carbocycles. The number of fused-ring (bicyclic) bond motifs is 1. The fraction of sp³-hybridized carbons (Fsp3) is 0.391. The van der Waals surface area contributed by atoms with E-state index in [-0.39, 0.29) is 4.90 Å². The van der Waals surface area contributed by atoms with Crippen molar-refractivity contribution in [1.29, 1.82) is 0 Å². The molecule has 4 rings (SSSR count). The Bertz CT molecular complexity index is 1140. The Hall–Kier alpha value is -2.10. The van der Waals surface area contributed by atoms with Gasteiger partial charge in [0.15, 0.2) is 0 Å². The first-order valence-corrected chi connectivity index (χ1v) is 12.8. The normalized spacial score (nSPS) is 15.9. The first-order valence-electron chi connectivity index (χ1n) is 10.9. The van der Waals surface area contributed by atoms with Gasteiger partial charge in [-0.1, -0.05) is 17.7 Å². The first kappa shape index (κ1) is 23.1.